The zero-order valence-electron chi connectivity index (χ0n) is 14.3. The van der Waals surface area contributed by atoms with Crippen molar-refractivity contribution in [3.8, 4) is 0 Å². The molecule has 1 unspecified atom stereocenters. The van der Waals surface area contributed by atoms with Crippen molar-refractivity contribution >= 4 is 5.78 Å². The molecule has 0 radical (unpaired) electrons. The molecule has 22 heavy (non-hydrogen) atoms. The number of carbonyl (C=O) groups excluding carboxylic acids is 1. The molecule has 0 amide bonds. The summed E-state index contributed by atoms with van der Waals surface area (Å²) < 4.78 is 5.78. The van der Waals surface area contributed by atoms with Gasteiger partial charge in [0.25, 0.3) is 0 Å². The second kappa shape index (κ2) is 11.2. The topological polar surface area (TPSA) is 26.3 Å². The van der Waals surface area contributed by atoms with Gasteiger partial charge in [-0.25, -0.2) is 0 Å². The Labute approximate surface area is 135 Å². The Morgan fingerprint density at radius 3 is 2.59 bits per heavy atom. The maximum Gasteiger partial charge on any atom is 0.130 e. The minimum Gasteiger partial charge on any atom is -0.376 e. The minimum atomic E-state index is 0.272. The maximum atomic E-state index is 10.9. The van der Waals surface area contributed by atoms with Crippen molar-refractivity contribution in [1.29, 1.82) is 0 Å². The van der Waals surface area contributed by atoms with E-state index < -0.39 is 0 Å². The summed E-state index contributed by atoms with van der Waals surface area (Å²) >= 11 is 0. The molecule has 1 aromatic rings. The largest absolute Gasteiger partial charge is 0.376 e. The third kappa shape index (κ3) is 9.51. The Kier molecular flexibility index (Phi) is 9.49. The van der Waals surface area contributed by atoms with Crippen molar-refractivity contribution in [2.45, 2.75) is 59.5 Å². The molecule has 0 N–H and O–H groups in total. The van der Waals surface area contributed by atoms with Crippen LogP contribution < -0.4 is 0 Å². The Hall–Kier alpha value is -1.41. The number of ether oxygens (including phenoxy) is 1. The molecule has 0 fully saturated rings. The van der Waals surface area contributed by atoms with Crippen molar-refractivity contribution < 1.29 is 9.53 Å². The molecule has 0 spiro atoms. The number of hydrogen-bond acceptors (Lipinski definition) is 2. The first-order valence-electron chi connectivity index (χ1n) is 8.34. The third-order valence-corrected chi connectivity index (χ3v) is 3.77. The van der Waals surface area contributed by atoms with Gasteiger partial charge in [0.2, 0.25) is 0 Å². The van der Waals surface area contributed by atoms with Gasteiger partial charge in [-0.2, -0.15) is 0 Å². The summed E-state index contributed by atoms with van der Waals surface area (Å²) in [4.78, 5) is 10.9. The number of ketones is 1. The monoisotopic (exact) mass is 302 g/mol. The van der Waals surface area contributed by atoms with E-state index in [0.29, 0.717) is 18.9 Å². The van der Waals surface area contributed by atoms with Crippen LogP contribution in [0.1, 0.15) is 58.4 Å². The normalized spacial score (nSPS) is 13.1. The van der Waals surface area contributed by atoms with Gasteiger partial charge in [-0.15, -0.1) is 0 Å². The molecule has 0 bridgehead atoms. The van der Waals surface area contributed by atoms with E-state index in [2.05, 4.69) is 32.1 Å². The van der Waals surface area contributed by atoms with Gasteiger partial charge in [-0.05, 0) is 51.0 Å². The highest BCUT2D eigenvalue weighted by molar-refractivity contribution is 5.75. The highest BCUT2D eigenvalue weighted by Crippen LogP contribution is 2.14. The predicted molar refractivity (Wildman–Crippen MR) is 92.8 cm³/mol. The van der Waals surface area contributed by atoms with Crippen LogP contribution in [0.15, 0.2) is 42.0 Å². The standard InChI is InChI=1S/C20H30O2/c1-17(10-8-12-19(3)21)9-7-11-18(2)15-22-16-20-13-5-4-6-14-20/h4-6,10,13-14,18H,7-9,11-12,15-16H2,1-3H3. The van der Waals surface area contributed by atoms with Gasteiger partial charge >= 0.3 is 0 Å². The van der Waals surface area contributed by atoms with E-state index in [-0.39, 0.29) is 5.78 Å². The van der Waals surface area contributed by atoms with Gasteiger partial charge in [0, 0.05) is 13.0 Å². The zero-order valence-corrected chi connectivity index (χ0v) is 14.3. The first-order valence-corrected chi connectivity index (χ1v) is 8.34. The lowest BCUT2D eigenvalue weighted by Crippen LogP contribution is -2.06. The summed E-state index contributed by atoms with van der Waals surface area (Å²) in [5, 5.41) is 0. The Morgan fingerprint density at radius 1 is 1.18 bits per heavy atom. The van der Waals surface area contributed by atoms with Crippen LogP contribution in [0.2, 0.25) is 0 Å². The molecule has 0 saturated carbocycles. The van der Waals surface area contributed by atoms with E-state index in [1.165, 1.54) is 24.0 Å². The third-order valence-electron chi connectivity index (χ3n) is 3.77. The average Bonchev–Trinajstić information content (AvgIpc) is 2.48. The van der Waals surface area contributed by atoms with Gasteiger partial charge in [-0.1, -0.05) is 48.9 Å². The first kappa shape index (κ1) is 18.6. The molecule has 1 aromatic carbocycles. The average molecular weight is 302 g/mol. The highest BCUT2D eigenvalue weighted by Gasteiger charge is 2.03. The van der Waals surface area contributed by atoms with E-state index in [9.17, 15) is 4.79 Å². The summed E-state index contributed by atoms with van der Waals surface area (Å²) in [6, 6.07) is 10.3. The summed E-state index contributed by atoms with van der Waals surface area (Å²) in [5.74, 6) is 0.863. The number of Topliss-reactive ketones (excluding diaryl/α,β-unsaturated/α-hetero) is 1. The lowest BCUT2D eigenvalue weighted by atomic mass is 10.0. The summed E-state index contributed by atoms with van der Waals surface area (Å²) in [6.07, 6.45) is 7.27. The molecule has 1 rings (SSSR count). The highest BCUT2D eigenvalue weighted by atomic mass is 16.5. The lowest BCUT2D eigenvalue weighted by molar-refractivity contribution is -0.116. The second-order valence-corrected chi connectivity index (χ2v) is 6.29. The van der Waals surface area contributed by atoms with Crippen LogP contribution >= 0.6 is 0 Å². The molecule has 0 aliphatic carbocycles. The van der Waals surface area contributed by atoms with Gasteiger partial charge < -0.3 is 9.53 Å². The SMILES string of the molecule is CC(=O)CCC=C(C)CCCC(C)COCc1ccccc1. The van der Waals surface area contributed by atoms with Gasteiger partial charge in [0.15, 0.2) is 0 Å². The summed E-state index contributed by atoms with van der Waals surface area (Å²) in [6.45, 7) is 7.59. The molecule has 0 aliphatic rings. The van der Waals surface area contributed by atoms with Crippen molar-refractivity contribution in [1.82, 2.24) is 0 Å². The smallest absolute Gasteiger partial charge is 0.130 e. The van der Waals surface area contributed by atoms with Gasteiger partial charge in [0.1, 0.15) is 5.78 Å². The fourth-order valence-electron chi connectivity index (χ4n) is 2.39. The molecule has 1 atom stereocenters. The number of allylic oxidation sites excluding steroid dienone is 2. The summed E-state index contributed by atoms with van der Waals surface area (Å²) in [7, 11) is 0. The van der Waals surface area contributed by atoms with Crippen LogP contribution in [0.4, 0.5) is 0 Å². The van der Waals surface area contributed by atoms with Crippen LogP contribution in [0.25, 0.3) is 0 Å². The van der Waals surface area contributed by atoms with Crippen LogP contribution in [-0.4, -0.2) is 12.4 Å². The van der Waals surface area contributed by atoms with Crippen LogP contribution in [0.5, 0.6) is 0 Å². The predicted octanol–water partition coefficient (Wildman–Crippen LogP) is 5.33. The number of benzene rings is 1. The Balaban J connectivity index is 2.07. The molecular weight excluding hydrogens is 272 g/mol. The minimum absolute atomic E-state index is 0.272. The number of carbonyl (C=O) groups is 1. The number of hydrogen-bond donors (Lipinski definition) is 0. The molecule has 2 nitrogen and oxygen atoms in total. The van der Waals surface area contributed by atoms with Gasteiger partial charge in [-0.3, -0.25) is 0 Å². The zero-order chi connectivity index (χ0) is 16.2. The molecule has 0 heterocycles. The molecule has 2 heteroatoms. The first-order chi connectivity index (χ1) is 10.6. The van der Waals surface area contributed by atoms with E-state index in [4.69, 9.17) is 4.74 Å². The van der Waals surface area contributed by atoms with Crippen LogP contribution in [0.3, 0.4) is 0 Å². The van der Waals surface area contributed by atoms with E-state index in [1.54, 1.807) is 6.92 Å². The fraction of sp³-hybridized carbons (Fsp3) is 0.550. The van der Waals surface area contributed by atoms with Gasteiger partial charge in [0.05, 0.1) is 6.61 Å². The molecule has 0 aromatic heterocycles. The van der Waals surface area contributed by atoms with Crippen molar-refractivity contribution in [3.05, 3.63) is 47.5 Å². The van der Waals surface area contributed by atoms with E-state index in [0.717, 1.165) is 19.4 Å². The van der Waals surface area contributed by atoms with Crippen LogP contribution in [-0.2, 0) is 16.1 Å². The van der Waals surface area contributed by atoms with E-state index in [1.807, 2.05) is 18.2 Å². The maximum absolute atomic E-state index is 10.9. The second-order valence-electron chi connectivity index (χ2n) is 6.29. The Morgan fingerprint density at radius 2 is 1.91 bits per heavy atom. The lowest BCUT2D eigenvalue weighted by Gasteiger charge is -2.12. The molecule has 0 saturated heterocycles. The van der Waals surface area contributed by atoms with Crippen molar-refractivity contribution in [2.75, 3.05) is 6.61 Å². The Bertz CT molecular complexity index is 448. The van der Waals surface area contributed by atoms with E-state index >= 15 is 0 Å². The van der Waals surface area contributed by atoms with Crippen molar-refractivity contribution in [2.24, 2.45) is 5.92 Å². The summed E-state index contributed by atoms with van der Waals surface area (Å²) in [5.41, 5.74) is 2.64. The fourth-order valence-corrected chi connectivity index (χ4v) is 2.39. The molecule has 122 valence electrons. The quantitative estimate of drug-likeness (QED) is 0.517. The van der Waals surface area contributed by atoms with Crippen LogP contribution in [0, 0.1) is 5.92 Å². The number of rotatable bonds is 11. The van der Waals surface area contributed by atoms with Crippen molar-refractivity contribution in [3.63, 3.8) is 0 Å². The molecular formula is C20H30O2. The molecule has 0 aliphatic heterocycles.